The number of anilines is 1. The van der Waals surface area contributed by atoms with Crippen LogP contribution in [0.5, 0.6) is 5.75 Å². The highest BCUT2D eigenvalue weighted by molar-refractivity contribution is 6.04. The van der Waals surface area contributed by atoms with Gasteiger partial charge in [-0.2, -0.15) is 0 Å². The first kappa shape index (κ1) is 13.7. The zero-order valence-corrected chi connectivity index (χ0v) is 11.9. The molecule has 0 aliphatic heterocycles. The van der Waals surface area contributed by atoms with E-state index in [1.54, 1.807) is 12.1 Å². The number of rotatable bonds is 4. The van der Waals surface area contributed by atoms with Crippen LogP contribution in [-0.4, -0.2) is 12.0 Å². The molecule has 0 spiro atoms. The first-order valence-corrected chi connectivity index (χ1v) is 7.44. The molecular weight excluding hydrogens is 262 g/mol. The molecule has 1 aliphatic carbocycles. The molecule has 0 saturated heterocycles. The molecule has 2 aromatic carbocycles. The maximum absolute atomic E-state index is 12.0. The molecule has 1 N–H and O–H groups in total. The predicted octanol–water partition coefficient (Wildman–Crippen LogP) is 4.26. The predicted molar refractivity (Wildman–Crippen MR) is 83.7 cm³/mol. The van der Waals surface area contributed by atoms with Crippen LogP contribution in [0.1, 0.15) is 36.0 Å². The molecule has 0 heterocycles. The number of carbonyl (C=O) groups excluding carboxylic acids is 1. The topological polar surface area (TPSA) is 38.3 Å². The first-order valence-electron chi connectivity index (χ1n) is 7.44. The Bertz CT molecular complexity index is 586. The van der Waals surface area contributed by atoms with Crippen LogP contribution < -0.4 is 10.1 Å². The van der Waals surface area contributed by atoms with E-state index in [2.05, 4.69) is 5.32 Å². The summed E-state index contributed by atoms with van der Waals surface area (Å²) >= 11 is 0. The van der Waals surface area contributed by atoms with Gasteiger partial charge in [0, 0.05) is 11.3 Å². The summed E-state index contributed by atoms with van der Waals surface area (Å²) in [7, 11) is 0. The van der Waals surface area contributed by atoms with Crippen molar-refractivity contribution >= 4 is 11.6 Å². The molecule has 0 unspecified atom stereocenters. The number of nitrogens with one attached hydrogen (secondary N) is 1. The summed E-state index contributed by atoms with van der Waals surface area (Å²) < 4.78 is 5.91. The lowest BCUT2D eigenvalue weighted by Crippen LogP contribution is -2.12. The number of hydrogen-bond donors (Lipinski definition) is 1. The van der Waals surface area contributed by atoms with Gasteiger partial charge in [0.25, 0.3) is 5.91 Å². The van der Waals surface area contributed by atoms with Crippen LogP contribution in [0, 0.1) is 0 Å². The molecule has 0 aromatic heterocycles. The van der Waals surface area contributed by atoms with Gasteiger partial charge < -0.3 is 10.1 Å². The Morgan fingerprint density at radius 1 is 0.952 bits per heavy atom. The summed E-state index contributed by atoms with van der Waals surface area (Å²) in [5.41, 5.74) is 1.44. The van der Waals surface area contributed by atoms with E-state index in [1.807, 2.05) is 42.5 Å². The molecule has 1 aliphatic rings. The third-order valence-electron chi connectivity index (χ3n) is 3.75. The normalized spacial score (nSPS) is 14.9. The van der Waals surface area contributed by atoms with E-state index in [9.17, 15) is 4.79 Å². The van der Waals surface area contributed by atoms with Crippen molar-refractivity contribution in [3.05, 3.63) is 60.2 Å². The Labute approximate surface area is 124 Å². The lowest BCUT2D eigenvalue weighted by molar-refractivity contribution is 0.102. The molecule has 0 bridgehead atoms. The third kappa shape index (κ3) is 3.63. The van der Waals surface area contributed by atoms with E-state index in [0.29, 0.717) is 11.7 Å². The molecule has 3 heteroatoms. The van der Waals surface area contributed by atoms with Crippen molar-refractivity contribution in [1.29, 1.82) is 0 Å². The monoisotopic (exact) mass is 281 g/mol. The van der Waals surface area contributed by atoms with Crippen LogP contribution in [0.3, 0.4) is 0 Å². The van der Waals surface area contributed by atoms with E-state index < -0.39 is 0 Å². The molecule has 0 atom stereocenters. The quantitative estimate of drug-likeness (QED) is 0.909. The second-order valence-corrected chi connectivity index (χ2v) is 5.37. The number of benzene rings is 2. The molecule has 3 nitrogen and oxygen atoms in total. The summed E-state index contributed by atoms with van der Waals surface area (Å²) in [6.45, 7) is 0. The van der Waals surface area contributed by atoms with E-state index in [0.717, 1.165) is 24.3 Å². The zero-order valence-electron chi connectivity index (χ0n) is 11.9. The Morgan fingerprint density at radius 2 is 1.62 bits per heavy atom. The van der Waals surface area contributed by atoms with Crippen LogP contribution in [0.2, 0.25) is 0 Å². The van der Waals surface area contributed by atoms with E-state index >= 15 is 0 Å². The van der Waals surface area contributed by atoms with Crippen LogP contribution in [0.25, 0.3) is 0 Å². The average molecular weight is 281 g/mol. The summed E-state index contributed by atoms with van der Waals surface area (Å²) in [5, 5.41) is 2.88. The van der Waals surface area contributed by atoms with Crippen LogP contribution in [-0.2, 0) is 0 Å². The van der Waals surface area contributed by atoms with E-state index in [-0.39, 0.29) is 5.91 Å². The minimum Gasteiger partial charge on any atom is -0.490 e. The molecule has 1 amide bonds. The first-order chi connectivity index (χ1) is 10.3. The Kier molecular flexibility index (Phi) is 4.20. The molecule has 2 aromatic rings. The largest absolute Gasteiger partial charge is 0.490 e. The second-order valence-electron chi connectivity index (χ2n) is 5.37. The number of amides is 1. The highest BCUT2D eigenvalue weighted by Crippen LogP contribution is 2.25. The van der Waals surface area contributed by atoms with E-state index in [4.69, 9.17) is 4.74 Å². The maximum atomic E-state index is 12.0. The SMILES string of the molecule is O=C(Nc1ccc(OC2CCCC2)cc1)c1ccccc1. The van der Waals surface area contributed by atoms with Gasteiger partial charge in [-0.25, -0.2) is 0 Å². The lowest BCUT2D eigenvalue weighted by atomic mass is 10.2. The number of hydrogen-bond acceptors (Lipinski definition) is 2. The van der Waals surface area contributed by atoms with Crippen LogP contribution in [0.15, 0.2) is 54.6 Å². The highest BCUT2D eigenvalue weighted by Gasteiger charge is 2.16. The molecule has 21 heavy (non-hydrogen) atoms. The van der Waals surface area contributed by atoms with Gasteiger partial charge in [-0.1, -0.05) is 18.2 Å². The van der Waals surface area contributed by atoms with Crippen molar-refractivity contribution in [1.82, 2.24) is 0 Å². The fourth-order valence-electron chi connectivity index (χ4n) is 2.61. The van der Waals surface area contributed by atoms with Crippen molar-refractivity contribution in [2.24, 2.45) is 0 Å². The summed E-state index contributed by atoms with van der Waals surface area (Å²) in [6, 6.07) is 16.8. The molecule has 1 fully saturated rings. The summed E-state index contributed by atoms with van der Waals surface area (Å²) in [6.07, 6.45) is 5.17. The Hall–Kier alpha value is -2.29. The molecule has 3 rings (SSSR count). The average Bonchev–Trinajstić information content (AvgIpc) is 3.03. The fraction of sp³-hybridized carbons (Fsp3) is 0.278. The number of carbonyl (C=O) groups is 1. The zero-order chi connectivity index (χ0) is 14.5. The summed E-state index contributed by atoms with van der Waals surface area (Å²) in [5.74, 6) is 0.777. The van der Waals surface area contributed by atoms with Crippen LogP contribution in [0.4, 0.5) is 5.69 Å². The maximum Gasteiger partial charge on any atom is 0.255 e. The van der Waals surface area contributed by atoms with Gasteiger partial charge in [-0.3, -0.25) is 4.79 Å². The Morgan fingerprint density at radius 3 is 2.29 bits per heavy atom. The smallest absolute Gasteiger partial charge is 0.255 e. The fourth-order valence-corrected chi connectivity index (χ4v) is 2.61. The standard InChI is InChI=1S/C18H19NO2/c20-18(14-6-2-1-3-7-14)19-15-10-12-17(13-11-15)21-16-8-4-5-9-16/h1-3,6-7,10-13,16H,4-5,8-9H2,(H,19,20). The van der Waals surface area contributed by atoms with Gasteiger partial charge in [0.2, 0.25) is 0 Å². The second kappa shape index (κ2) is 6.44. The van der Waals surface area contributed by atoms with Crippen molar-refractivity contribution in [2.75, 3.05) is 5.32 Å². The van der Waals surface area contributed by atoms with Gasteiger partial charge in [0.1, 0.15) is 5.75 Å². The number of ether oxygens (including phenoxy) is 1. The van der Waals surface area contributed by atoms with Crippen molar-refractivity contribution < 1.29 is 9.53 Å². The third-order valence-corrected chi connectivity index (χ3v) is 3.75. The lowest BCUT2D eigenvalue weighted by Gasteiger charge is -2.13. The van der Waals surface area contributed by atoms with Crippen molar-refractivity contribution in [2.45, 2.75) is 31.8 Å². The van der Waals surface area contributed by atoms with E-state index in [1.165, 1.54) is 12.8 Å². The van der Waals surface area contributed by atoms with Gasteiger partial charge in [0.05, 0.1) is 6.10 Å². The van der Waals surface area contributed by atoms with Gasteiger partial charge in [-0.15, -0.1) is 0 Å². The van der Waals surface area contributed by atoms with Gasteiger partial charge in [0.15, 0.2) is 0 Å². The highest BCUT2D eigenvalue weighted by atomic mass is 16.5. The van der Waals surface area contributed by atoms with Gasteiger partial charge >= 0.3 is 0 Å². The molecule has 0 radical (unpaired) electrons. The van der Waals surface area contributed by atoms with Crippen molar-refractivity contribution in [3.8, 4) is 5.75 Å². The molecular formula is C18H19NO2. The minimum absolute atomic E-state index is 0.0972. The van der Waals surface area contributed by atoms with Gasteiger partial charge in [-0.05, 0) is 62.1 Å². The minimum atomic E-state index is -0.0972. The molecule has 1 saturated carbocycles. The molecule has 108 valence electrons. The Balaban J connectivity index is 1.60. The summed E-state index contributed by atoms with van der Waals surface area (Å²) in [4.78, 5) is 12.0. The van der Waals surface area contributed by atoms with Crippen molar-refractivity contribution in [3.63, 3.8) is 0 Å². The van der Waals surface area contributed by atoms with Crippen LogP contribution >= 0.6 is 0 Å².